The normalized spacial score (nSPS) is 15.7. The van der Waals surface area contributed by atoms with E-state index in [9.17, 15) is 0 Å². The molecule has 1 N–H and O–H groups in total. The fourth-order valence-corrected chi connectivity index (χ4v) is 8.97. The van der Waals surface area contributed by atoms with Crippen LogP contribution in [0.3, 0.4) is 0 Å². The first-order chi connectivity index (χ1) is 22.8. The van der Waals surface area contributed by atoms with E-state index >= 15 is 0 Å². The highest BCUT2D eigenvalue weighted by Crippen LogP contribution is 2.54. The third kappa shape index (κ3) is 3.47. The Kier molecular flexibility index (Phi) is 5.25. The second kappa shape index (κ2) is 9.17. The third-order valence-electron chi connectivity index (χ3n) is 11.2. The van der Waals surface area contributed by atoms with Gasteiger partial charge in [0, 0.05) is 38.7 Å². The van der Waals surface area contributed by atoms with Crippen molar-refractivity contribution in [1.82, 2.24) is 4.98 Å². The molecule has 3 heterocycles. The van der Waals surface area contributed by atoms with E-state index in [1.807, 2.05) is 0 Å². The second-order valence-electron chi connectivity index (χ2n) is 14.5. The maximum absolute atomic E-state index is 3.98. The van der Waals surface area contributed by atoms with Crippen molar-refractivity contribution in [2.24, 2.45) is 0 Å². The predicted molar refractivity (Wildman–Crippen MR) is 199 cm³/mol. The molecule has 0 atom stereocenters. The van der Waals surface area contributed by atoms with Crippen LogP contribution in [-0.4, -0.2) is 12.3 Å². The number of H-pyrrole nitrogens is 1. The standard InChI is InChI=1S/C44H34BN2/c1-43(2)33-20-10-11-23-36(33)47-37-25-27(26-14-6-5-7-15-26)24-31(39(37)45-35-22-13-21-34(43)42(35)47)28-17-12-18-30-38-41(46-40(28)30)29-16-8-9-19-32(29)44(38,3)4/h5-25,46H,1-4H3. The van der Waals surface area contributed by atoms with Crippen molar-refractivity contribution < 1.29 is 0 Å². The number of aromatic nitrogens is 1. The minimum absolute atomic E-state index is 0.0834. The minimum Gasteiger partial charge on any atom is -0.354 e. The van der Waals surface area contributed by atoms with Gasteiger partial charge in [0.15, 0.2) is 7.28 Å². The number of aromatic amines is 1. The van der Waals surface area contributed by atoms with Gasteiger partial charge < -0.3 is 9.88 Å². The highest BCUT2D eigenvalue weighted by atomic mass is 15.2. The molecule has 10 rings (SSSR count). The quantitative estimate of drug-likeness (QED) is 0.196. The van der Waals surface area contributed by atoms with Crippen LogP contribution in [0.1, 0.15) is 49.9 Å². The lowest BCUT2D eigenvalue weighted by Gasteiger charge is -2.46. The van der Waals surface area contributed by atoms with E-state index in [0.717, 1.165) is 0 Å². The Morgan fingerprint density at radius 3 is 2.11 bits per heavy atom. The van der Waals surface area contributed by atoms with Crippen molar-refractivity contribution in [1.29, 1.82) is 0 Å². The number of nitrogens with zero attached hydrogens (tertiary/aromatic N) is 1. The van der Waals surface area contributed by atoms with Crippen LogP contribution in [0.25, 0.3) is 44.4 Å². The molecule has 6 aromatic carbocycles. The molecule has 1 radical (unpaired) electrons. The van der Waals surface area contributed by atoms with Crippen LogP contribution in [0.2, 0.25) is 0 Å². The van der Waals surface area contributed by atoms with Gasteiger partial charge in [0.25, 0.3) is 0 Å². The molecule has 1 aliphatic carbocycles. The molecule has 0 bridgehead atoms. The minimum atomic E-state index is -0.108. The van der Waals surface area contributed by atoms with E-state index in [1.54, 1.807) is 0 Å². The fourth-order valence-electron chi connectivity index (χ4n) is 8.97. The first kappa shape index (κ1) is 26.9. The van der Waals surface area contributed by atoms with Crippen molar-refractivity contribution in [3.05, 3.63) is 150 Å². The fraction of sp³-hybridized carbons (Fsp3) is 0.136. The van der Waals surface area contributed by atoms with Gasteiger partial charge in [0.05, 0.1) is 16.9 Å². The molecule has 0 unspecified atom stereocenters. The van der Waals surface area contributed by atoms with Crippen molar-refractivity contribution >= 4 is 46.2 Å². The zero-order valence-corrected chi connectivity index (χ0v) is 27.1. The number of para-hydroxylation sites is 3. The summed E-state index contributed by atoms with van der Waals surface area (Å²) in [5.41, 5.74) is 20.3. The monoisotopic (exact) mass is 601 g/mol. The number of nitrogens with one attached hydrogen (secondary N) is 1. The Labute approximate surface area is 277 Å². The molecule has 0 saturated carbocycles. The number of hydrogen-bond acceptors (Lipinski definition) is 1. The lowest BCUT2D eigenvalue weighted by Crippen LogP contribution is -2.45. The average Bonchev–Trinajstić information content (AvgIpc) is 3.60. The lowest BCUT2D eigenvalue weighted by molar-refractivity contribution is 0.632. The molecular weight excluding hydrogens is 567 g/mol. The highest BCUT2D eigenvalue weighted by molar-refractivity contribution is 6.73. The summed E-state index contributed by atoms with van der Waals surface area (Å²) in [4.78, 5) is 6.53. The smallest absolute Gasteiger partial charge is 0.197 e. The summed E-state index contributed by atoms with van der Waals surface area (Å²) < 4.78 is 0. The van der Waals surface area contributed by atoms with E-state index in [2.05, 4.69) is 172 Å². The zero-order chi connectivity index (χ0) is 31.7. The molecule has 3 heteroatoms. The number of benzene rings is 6. The van der Waals surface area contributed by atoms with Gasteiger partial charge in [-0.05, 0) is 62.6 Å². The summed E-state index contributed by atoms with van der Waals surface area (Å²) in [6.07, 6.45) is 0. The van der Waals surface area contributed by atoms with Crippen LogP contribution < -0.4 is 15.8 Å². The Hall–Kier alpha value is -5.28. The molecule has 223 valence electrons. The first-order valence-corrected chi connectivity index (χ1v) is 16.7. The van der Waals surface area contributed by atoms with E-state index in [4.69, 9.17) is 0 Å². The summed E-state index contributed by atoms with van der Waals surface area (Å²) >= 11 is 0. The Bertz CT molecular complexity index is 2450. The van der Waals surface area contributed by atoms with Crippen molar-refractivity contribution in [2.75, 3.05) is 4.90 Å². The van der Waals surface area contributed by atoms with E-state index in [-0.39, 0.29) is 10.8 Å². The molecule has 3 aliphatic rings. The Balaban J connectivity index is 1.29. The van der Waals surface area contributed by atoms with Crippen molar-refractivity contribution in [3.63, 3.8) is 0 Å². The van der Waals surface area contributed by atoms with Crippen LogP contribution >= 0.6 is 0 Å². The average molecular weight is 602 g/mol. The van der Waals surface area contributed by atoms with Crippen LogP contribution in [0, 0.1) is 0 Å². The predicted octanol–water partition coefficient (Wildman–Crippen LogP) is 9.89. The first-order valence-electron chi connectivity index (χ1n) is 16.7. The molecule has 0 saturated heterocycles. The second-order valence-corrected chi connectivity index (χ2v) is 14.5. The van der Waals surface area contributed by atoms with E-state index in [0.29, 0.717) is 0 Å². The van der Waals surface area contributed by atoms with Gasteiger partial charge in [-0.2, -0.15) is 0 Å². The van der Waals surface area contributed by atoms with Gasteiger partial charge >= 0.3 is 0 Å². The SMILES string of the molecule is CC1(C)c2ccccc2N2c3cc(-c4ccccc4)cc(-c4cccc5c6c([nH]c45)-c4ccccc4C6(C)C)c3[B]c3cccc1c32. The topological polar surface area (TPSA) is 19.0 Å². The summed E-state index contributed by atoms with van der Waals surface area (Å²) in [5.74, 6) is 0. The van der Waals surface area contributed by atoms with Crippen LogP contribution in [0.5, 0.6) is 0 Å². The third-order valence-corrected chi connectivity index (χ3v) is 11.2. The number of hydrogen-bond donors (Lipinski definition) is 1. The molecule has 7 aromatic rings. The summed E-state index contributed by atoms with van der Waals surface area (Å²) in [6.45, 7) is 9.47. The number of rotatable bonds is 2. The van der Waals surface area contributed by atoms with Gasteiger partial charge in [-0.3, -0.25) is 0 Å². The molecule has 2 aliphatic heterocycles. The van der Waals surface area contributed by atoms with Crippen LogP contribution in [-0.2, 0) is 10.8 Å². The summed E-state index contributed by atoms with van der Waals surface area (Å²) in [6, 6.07) is 47.3. The number of anilines is 3. The Morgan fingerprint density at radius 2 is 1.26 bits per heavy atom. The molecule has 47 heavy (non-hydrogen) atoms. The van der Waals surface area contributed by atoms with Crippen LogP contribution in [0.15, 0.2) is 127 Å². The van der Waals surface area contributed by atoms with Gasteiger partial charge in [-0.1, -0.05) is 142 Å². The lowest BCUT2D eigenvalue weighted by atomic mass is 9.55. The largest absolute Gasteiger partial charge is 0.354 e. The van der Waals surface area contributed by atoms with Gasteiger partial charge in [-0.25, -0.2) is 0 Å². The summed E-state index contributed by atoms with van der Waals surface area (Å²) in [5, 5.41) is 1.31. The molecule has 0 fully saturated rings. The van der Waals surface area contributed by atoms with Gasteiger partial charge in [0.2, 0.25) is 0 Å². The van der Waals surface area contributed by atoms with Gasteiger partial charge in [-0.15, -0.1) is 0 Å². The maximum atomic E-state index is 3.98. The van der Waals surface area contributed by atoms with E-state index < -0.39 is 0 Å². The molecular formula is C44H34BN2. The molecule has 0 spiro atoms. The van der Waals surface area contributed by atoms with E-state index in [1.165, 1.54) is 94.7 Å². The molecule has 0 amide bonds. The number of fused-ring (bicyclic) bond motifs is 9. The van der Waals surface area contributed by atoms with Gasteiger partial charge in [0.1, 0.15) is 0 Å². The Morgan fingerprint density at radius 1 is 0.553 bits per heavy atom. The van der Waals surface area contributed by atoms with Crippen LogP contribution in [0.4, 0.5) is 17.1 Å². The van der Waals surface area contributed by atoms with Crippen molar-refractivity contribution in [2.45, 2.75) is 38.5 Å². The molecule has 1 aromatic heterocycles. The highest BCUT2D eigenvalue weighted by Gasteiger charge is 2.42. The maximum Gasteiger partial charge on any atom is 0.197 e. The summed E-state index contributed by atoms with van der Waals surface area (Å²) in [7, 11) is 2.44. The zero-order valence-electron chi connectivity index (χ0n) is 27.1. The molecule has 2 nitrogen and oxygen atoms in total. The van der Waals surface area contributed by atoms with Crippen molar-refractivity contribution in [3.8, 4) is 33.5 Å².